The lowest BCUT2D eigenvalue weighted by molar-refractivity contribution is -0.119. The van der Waals surface area contributed by atoms with Crippen molar-refractivity contribution < 1.29 is 4.79 Å². The monoisotopic (exact) mass is 353 g/mol. The normalized spacial score (nSPS) is 15.4. The van der Waals surface area contributed by atoms with Crippen LogP contribution in [0.1, 0.15) is 82.0 Å². The molecule has 1 heterocycles. The van der Waals surface area contributed by atoms with Crippen molar-refractivity contribution in [2.24, 2.45) is 5.92 Å². The average molecular weight is 354 g/mol. The first-order valence-electron chi connectivity index (χ1n) is 10.0. The predicted molar refractivity (Wildman–Crippen MR) is 104 cm³/mol. The van der Waals surface area contributed by atoms with Gasteiger partial charge in [0.2, 0.25) is 0 Å². The van der Waals surface area contributed by atoms with Gasteiger partial charge in [0.15, 0.2) is 0 Å². The van der Waals surface area contributed by atoms with Crippen molar-refractivity contribution in [3.63, 3.8) is 0 Å². The van der Waals surface area contributed by atoms with Crippen molar-refractivity contribution in [3.8, 4) is 0 Å². The smallest absolute Gasteiger partial charge is 0.133 e. The third kappa shape index (κ3) is 5.03. The summed E-state index contributed by atoms with van der Waals surface area (Å²) in [5, 5.41) is 8.86. The minimum Gasteiger partial charge on any atom is -0.312 e. The van der Waals surface area contributed by atoms with E-state index in [0.29, 0.717) is 37.0 Å². The van der Waals surface area contributed by atoms with Crippen molar-refractivity contribution in [3.05, 3.63) is 47.5 Å². The molecule has 0 bridgehead atoms. The Bertz CT molecular complexity index is 716. The molecule has 26 heavy (non-hydrogen) atoms. The van der Waals surface area contributed by atoms with Crippen LogP contribution in [-0.2, 0) is 17.6 Å². The van der Waals surface area contributed by atoms with E-state index in [1.54, 1.807) is 0 Å². The Morgan fingerprint density at radius 2 is 1.73 bits per heavy atom. The molecule has 2 aromatic rings. The molecule has 1 fully saturated rings. The number of benzene rings is 1. The Kier molecular flexibility index (Phi) is 6.23. The Morgan fingerprint density at radius 1 is 1.08 bits per heavy atom. The van der Waals surface area contributed by atoms with Crippen LogP contribution in [0.25, 0.3) is 0 Å². The van der Waals surface area contributed by atoms with Gasteiger partial charge < -0.3 is 4.57 Å². The molecule has 0 unspecified atom stereocenters. The fourth-order valence-corrected chi connectivity index (χ4v) is 3.47. The largest absolute Gasteiger partial charge is 0.312 e. The van der Waals surface area contributed by atoms with Crippen LogP contribution in [0.4, 0.5) is 0 Å². The number of carbonyl (C=O) groups is 1. The van der Waals surface area contributed by atoms with E-state index in [1.807, 2.05) is 18.2 Å². The molecule has 1 saturated carbocycles. The van der Waals surface area contributed by atoms with Gasteiger partial charge in [-0.1, -0.05) is 51.1 Å². The molecule has 1 atom stereocenters. The zero-order valence-corrected chi connectivity index (χ0v) is 16.3. The van der Waals surface area contributed by atoms with E-state index in [0.717, 1.165) is 24.5 Å². The molecule has 0 radical (unpaired) electrons. The van der Waals surface area contributed by atoms with E-state index in [9.17, 15) is 4.79 Å². The zero-order chi connectivity index (χ0) is 18.5. The molecule has 140 valence electrons. The topological polar surface area (TPSA) is 47.8 Å². The molecular formula is C22H31N3O. The van der Waals surface area contributed by atoms with E-state index in [2.05, 4.69) is 47.7 Å². The third-order valence-electron chi connectivity index (χ3n) is 5.22. The van der Waals surface area contributed by atoms with Gasteiger partial charge in [-0.15, -0.1) is 10.2 Å². The van der Waals surface area contributed by atoms with E-state index in [-0.39, 0.29) is 5.92 Å². The highest BCUT2D eigenvalue weighted by molar-refractivity contribution is 5.79. The molecule has 1 aromatic carbocycles. The van der Waals surface area contributed by atoms with Gasteiger partial charge >= 0.3 is 0 Å². The molecule has 3 rings (SSSR count). The number of aryl methyl sites for hydroxylation is 2. The molecule has 0 saturated heterocycles. The molecule has 1 aromatic heterocycles. The highest BCUT2D eigenvalue weighted by atomic mass is 16.1. The number of nitrogens with zero attached hydrogens (tertiary/aromatic N) is 3. The summed E-state index contributed by atoms with van der Waals surface area (Å²) < 4.78 is 2.33. The fourth-order valence-electron chi connectivity index (χ4n) is 3.47. The molecule has 4 heteroatoms. The zero-order valence-electron chi connectivity index (χ0n) is 16.3. The molecule has 0 amide bonds. The van der Waals surface area contributed by atoms with Gasteiger partial charge in [-0.05, 0) is 36.7 Å². The fraction of sp³-hybridized carbons (Fsp3) is 0.591. The van der Waals surface area contributed by atoms with Crippen molar-refractivity contribution in [2.45, 2.75) is 77.7 Å². The summed E-state index contributed by atoms with van der Waals surface area (Å²) in [5.74, 6) is 3.37. The van der Waals surface area contributed by atoms with Crippen LogP contribution in [0.2, 0.25) is 0 Å². The van der Waals surface area contributed by atoms with Crippen molar-refractivity contribution in [1.29, 1.82) is 0 Å². The predicted octanol–water partition coefficient (Wildman–Crippen LogP) is 4.90. The van der Waals surface area contributed by atoms with Crippen molar-refractivity contribution in [2.75, 3.05) is 0 Å². The van der Waals surface area contributed by atoms with Gasteiger partial charge in [-0.25, -0.2) is 0 Å². The van der Waals surface area contributed by atoms with Gasteiger partial charge in [0.25, 0.3) is 0 Å². The number of rotatable bonds is 10. The second-order valence-corrected chi connectivity index (χ2v) is 8.12. The Hall–Kier alpha value is -1.97. The van der Waals surface area contributed by atoms with Crippen LogP contribution < -0.4 is 0 Å². The van der Waals surface area contributed by atoms with Gasteiger partial charge in [0.1, 0.15) is 17.4 Å². The molecule has 0 aliphatic heterocycles. The summed E-state index contributed by atoms with van der Waals surface area (Å²) >= 11 is 0. The van der Waals surface area contributed by atoms with Gasteiger partial charge in [-0.3, -0.25) is 4.79 Å². The summed E-state index contributed by atoms with van der Waals surface area (Å²) in [6, 6.07) is 10.9. The number of hydrogen-bond donors (Lipinski definition) is 0. The molecular weight excluding hydrogens is 322 g/mol. The number of aromatic nitrogens is 3. The van der Waals surface area contributed by atoms with Gasteiger partial charge in [0, 0.05) is 31.7 Å². The summed E-state index contributed by atoms with van der Waals surface area (Å²) in [4.78, 5) is 12.5. The maximum atomic E-state index is 12.5. The second-order valence-electron chi connectivity index (χ2n) is 8.12. The average Bonchev–Trinajstić information content (AvgIpc) is 3.39. The first kappa shape index (κ1) is 18.8. The number of Topliss-reactive ketones (excluding diaryl/α,β-unsaturated/α-hetero) is 1. The van der Waals surface area contributed by atoms with Crippen LogP contribution >= 0.6 is 0 Å². The highest BCUT2D eigenvalue weighted by Gasteiger charge is 2.29. The van der Waals surface area contributed by atoms with E-state index in [1.165, 1.54) is 18.4 Å². The maximum absolute atomic E-state index is 12.5. The Labute approximate surface area is 157 Å². The summed E-state index contributed by atoms with van der Waals surface area (Å²) in [6.07, 6.45) is 6.44. The van der Waals surface area contributed by atoms with E-state index < -0.39 is 0 Å². The number of hydrogen-bond acceptors (Lipinski definition) is 3. The molecule has 1 aliphatic carbocycles. The molecule has 0 N–H and O–H groups in total. The van der Waals surface area contributed by atoms with Gasteiger partial charge in [-0.2, -0.15) is 0 Å². The first-order valence-corrected chi connectivity index (χ1v) is 10.0. The Balaban J connectivity index is 1.56. The Morgan fingerprint density at radius 3 is 2.35 bits per heavy atom. The number of carbonyl (C=O) groups excluding carboxylic acids is 1. The highest BCUT2D eigenvalue weighted by Crippen LogP contribution is 2.37. The van der Waals surface area contributed by atoms with Crippen LogP contribution in [0, 0.1) is 5.92 Å². The van der Waals surface area contributed by atoms with Crippen LogP contribution in [0.3, 0.4) is 0 Å². The maximum Gasteiger partial charge on any atom is 0.133 e. The lowest BCUT2D eigenvalue weighted by Crippen LogP contribution is -2.10. The molecule has 1 aliphatic rings. The van der Waals surface area contributed by atoms with Gasteiger partial charge in [0.05, 0.1) is 0 Å². The molecule has 4 nitrogen and oxygen atoms in total. The minimum atomic E-state index is 0.270. The quantitative estimate of drug-likeness (QED) is 0.610. The van der Waals surface area contributed by atoms with E-state index >= 15 is 0 Å². The SMILES string of the molecule is CC(C)CCc1nnc(CCC(=O)C[C@H](C)c2ccccc2)n1C1CC1. The summed E-state index contributed by atoms with van der Waals surface area (Å²) in [7, 11) is 0. The van der Waals surface area contributed by atoms with Crippen molar-refractivity contribution >= 4 is 5.78 Å². The minimum absolute atomic E-state index is 0.270. The van der Waals surface area contributed by atoms with Crippen LogP contribution in [-0.4, -0.2) is 20.5 Å². The summed E-state index contributed by atoms with van der Waals surface area (Å²) in [5.41, 5.74) is 1.23. The lowest BCUT2D eigenvalue weighted by Gasteiger charge is -2.12. The number of ketones is 1. The first-order chi connectivity index (χ1) is 12.5. The van der Waals surface area contributed by atoms with Crippen LogP contribution in [0.15, 0.2) is 30.3 Å². The summed E-state index contributed by atoms with van der Waals surface area (Å²) in [6.45, 7) is 6.61. The van der Waals surface area contributed by atoms with E-state index in [4.69, 9.17) is 0 Å². The third-order valence-corrected chi connectivity index (χ3v) is 5.22. The second kappa shape index (κ2) is 8.61. The van der Waals surface area contributed by atoms with Crippen molar-refractivity contribution in [1.82, 2.24) is 14.8 Å². The molecule has 0 spiro atoms. The lowest BCUT2D eigenvalue weighted by atomic mass is 9.94. The van der Waals surface area contributed by atoms with Crippen LogP contribution in [0.5, 0.6) is 0 Å². The standard InChI is InChI=1S/C22H31N3O/c1-16(2)9-13-21-23-24-22(25(21)19-10-11-19)14-12-20(26)15-17(3)18-7-5-4-6-8-18/h4-8,16-17,19H,9-15H2,1-3H3/t17-/m0/s1.